The summed E-state index contributed by atoms with van der Waals surface area (Å²) >= 11 is 10.6. The molecular weight excluding hydrogens is 370 g/mol. The van der Waals surface area contributed by atoms with Crippen molar-refractivity contribution < 1.29 is 0 Å². The summed E-state index contributed by atoms with van der Waals surface area (Å²) in [5.74, 6) is 0. The van der Waals surface area contributed by atoms with Crippen LogP contribution in [0.2, 0.25) is 0 Å². The van der Waals surface area contributed by atoms with E-state index >= 15 is 0 Å². The lowest BCUT2D eigenvalue weighted by Crippen LogP contribution is -2.17. The molecule has 2 heterocycles. The van der Waals surface area contributed by atoms with E-state index in [-0.39, 0.29) is 0 Å². The van der Waals surface area contributed by atoms with Crippen LogP contribution < -0.4 is 5.32 Å². The summed E-state index contributed by atoms with van der Waals surface area (Å²) in [6.45, 7) is 0. The van der Waals surface area contributed by atoms with Crippen molar-refractivity contribution in [1.29, 1.82) is 0 Å². The van der Waals surface area contributed by atoms with E-state index in [1.54, 1.807) is 22.7 Å². The molecule has 0 saturated carbocycles. The molecule has 0 fully saturated rings. The van der Waals surface area contributed by atoms with Gasteiger partial charge in [0.2, 0.25) is 0 Å². The molecule has 0 amide bonds. The number of likely N-dealkylation sites (N-methyl/N-ethyl adjacent to an activating group) is 1. The molecule has 0 saturated heterocycles. The van der Waals surface area contributed by atoms with Crippen molar-refractivity contribution >= 4 is 54.5 Å². The summed E-state index contributed by atoms with van der Waals surface area (Å²) in [6, 6.07) is 4.79. The molecule has 2 aromatic rings. The molecule has 1 unspecified atom stereocenters. The standard InChI is InChI=1S/C11H11Br2NS2/c1-14-10(11-3-8(13)6-16-11)4-9-2-7(12)5-15-9/h2-3,5-6,10,14H,4H2,1H3. The van der Waals surface area contributed by atoms with Crippen molar-refractivity contribution in [2.75, 3.05) is 7.05 Å². The molecule has 86 valence electrons. The fourth-order valence-electron chi connectivity index (χ4n) is 1.52. The summed E-state index contributed by atoms with van der Waals surface area (Å²) < 4.78 is 2.34. The van der Waals surface area contributed by atoms with Crippen molar-refractivity contribution in [3.05, 3.63) is 41.6 Å². The van der Waals surface area contributed by atoms with E-state index in [1.807, 2.05) is 7.05 Å². The maximum absolute atomic E-state index is 3.50. The molecule has 2 rings (SSSR count). The topological polar surface area (TPSA) is 12.0 Å². The lowest BCUT2D eigenvalue weighted by atomic mass is 10.1. The highest BCUT2D eigenvalue weighted by Crippen LogP contribution is 2.30. The van der Waals surface area contributed by atoms with E-state index in [1.165, 1.54) is 18.7 Å². The molecule has 0 aliphatic rings. The normalized spacial score (nSPS) is 12.9. The Kier molecular flexibility index (Phi) is 4.61. The van der Waals surface area contributed by atoms with E-state index in [9.17, 15) is 0 Å². The molecule has 0 radical (unpaired) electrons. The molecule has 0 spiro atoms. The van der Waals surface area contributed by atoms with Gasteiger partial charge in [-0.1, -0.05) is 0 Å². The largest absolute Gasteiger partial charge is 0.312 e. The van der Waals surface area contributed by atoms with Crippen LogP contribution in [0.5, 0.6) is 0 Å². The van der Waals surface area contributed by atoms with Crippen molar-refractivity contribution in [3.8, 4) is 0 Å². The van der Waals surface area contributed by atoms with Crippen LogP contribution in [0.15, 0.2) is 31.8 Å². The van der Waals surface area contributed by atoms with Crippen LogP contribution in [0.25, 0.3) is 0 Å². The van der Waals surface area contributed by atoms with E-state index in [0.29, 0.717) is 6.04 Å². The van der Waals surface area contributed by atoms with Gasteiger partial charge in [0.1, 0.15) is 0 Å². The maximum atomic E-state index is 3.50. The van der Waals surface area contributed by atoms with Crippen molar-refractivity contribution in [2.45, 2.75) is 12.5 Å². The second-order valence-corrected chi connectivity index (χ2v) is 7.21. The molecule has 2 aromatic heterocycles. The summed E-state index contributed by atoms with van der Waals surface area (Å²) in [6.07, 6.45) is 1.04. The molecule has 0 aromatic carbocycles. The second-order valence-electron chi connectivity index (χ2n) is 3.44. The van der Waals surface area contributed by atoms with Crippen LogP contribution in [0.4, 0.5) is 0 Å². The monoisotopic (exact) mass is 379 g/mol. The molecule has 0 aliphatic heterocycles. The van der Waals surface area contributed by atoms with Gasteiger partial charge >= 0.3 is 0 Å². The van der Waals surface area contributed by atoms with E-state index in [0.717, 1.165) is 6.42 Å². The van der Waals surface area contributed by atoms with Crippen molar-refractivity contribution in [2.24, 2.45) is 0 Å². The number of thiophene rings is 2. The fourth-order valence-corrected chi connectivity index (χ4v) is 4.57. The summed E-state index contributed by atoms with van der Waals surface area (Å²) in [5, 5.41) is 7.63. The Morgan fingerprint density at radius 3 is 2.38 bits per heavy atom. The van der Waals surface area contributed by atoms with E-state index in [2.05, 4.69) is 60.1 Å². The van der Waals surface area contributed by atoms with Crippen LogP contribution in [-0.4, -0.2) is 7.05 Å². The van der Waals surface area contributed by atoms with Gasteiger partial charge in [-0.3, -0.25) is 0 Å². The molecule has 1 atom stereocenters. The Bertz CT molecular complexity index is 464. The Balaban J connectivity index is 2.12. The average molecular weight is 381 g/mol. The Morgan fingerprint density at radius 2 is 1.88 bits per heavy atom. The highest BCUT2D eigenvalue weighted by molar-refractivity contribution is 9.10. The quantitative estimate of drug-likeness (QED) is 0.800. The number of hydrogen-bond acceptors (Lipinski definition) is 3. The van der Waals surface area contributed by atoms with Gasteiger partial charge in [0, 0.05) is 41.9 Å². The van der Waals surface area contributed by atoms with E-state index in [4.69, 9.17) is 0 Å². The Hall–Kier alpha value is 0.320. The van der Waals surface area contributed by atoms with Gasteiger partial charge < -0.3 is 5.32 Å². The minimum atomic E-state index is 0.404. The predicted molar refractivity (Wildman–Crippen MR) is 79.5 cm³/mol. The first-order chi connectivity index (χ1) is 7.69. The minimum Gasteiger partial charge on any atom is -0.312 e. The van der Waals surface area contributed by atoms with Gasteiger partial charge in [-0.05, 0) is 51.0 Å². The van der Waals surface area contributed by atoms with E-state index < -0.39 is 0 Å². The first-order valence-corrected chi connectivity index (χ1v) is 8.17. The van der Waals surface area contributed by atoms with Gasteiger partial charge in [-0.25, -0.2) is 0 Å². The number of rotatable bonds is 4. The Labute approximate surface area is 120 Å². The summed E-state index contributed by atoms with van der Waals surface area (Å²) in [5.41, 5.74) is 0. The smallest absolute Gasteiger partial charge is 0.0461 e. The van der Waals surface area contributed by atoms with Crippen LogP contribution >= 0.6 is 54.5 Å². The average Bonchev–Trinajstić information content (AvgIpc) is 2.84. The lowest BCUT2D eigenvalue weighted by molar-refractivity contribution is 0.606. The molecule has 0 bridgehead atoms. The number of hydrogen-bond donors (Lipinski definition) is 1. The van der Waals surface area contributed by atoms with Gasteiger partial charge in [-0.2, -0.15) is 0 Å². The lowest BCUT2D eigenvalue weighted by Gasteiger charge is -2.12. The zero-order chi connectivity index (χ0) is 11.5. The minimum absolute atomic E-state index is 0.404. The summed E-state index contributed by atoms with van der Waals surface area (Å²) in [7, 11) is 2.01. The Morgan fingerprint density at radius 1 is 1.19 bits per heavy atom. The van der Waals surface area contributed by atoms with Crippen LogP contribution in [0.3, 0.4) is 0 Å². The van der Waals surface area contributed by atoms with Gasteiger partial charge in [0.25, 0.3) is 0 Å². The molecule has 5 heteroatoms. The SMILES string of the molecule is CNC(Cc1cc(Br)cs1)c1cc(Br)cs1. The molecule has 1 N–H and O–H groups in total. The van der Waals surface area contributed by atoms with Gasteiger partial charge in [0.15, 0.2) is 0 Å². The number of halogens is 2. The third-order valence-corrected chi connectivity index (χ3v) is 5.83. The first-order valence-electron chi connectivity index (χ1n) is 4.83. The van der Waals surface area contributed by atoms with Crippen LogP contribution in [-0.2, 0) is 6.42 Å². The van der Waals surface area contributed by atoms with Crippen LogP contribution in [0.1, 0.15) is 15.8 Å². The zero-order valence-corrected chi connectivity index (χ0v) is 13.5. The third-order valence-electron chi connectivity index (χ3n) is 2.31. The summed E-state index contributed by atoms with van der Waals surface area (Å²) in [4.78, 5) is 2.77. The van der Waals surface area contributed by atoms with Gasteiger partial charge in [0.05, 0.1) is 0 Å². The predicted octanol–water partition coefficient (Wildman–Crippen LogP) is 4.84. The first kappa shape index (κ1) is 12.8. The van der Waals surface area contributed by atoms with Crippen molar-refractivity contribution in [3.63, 3.8) is 0 Å². The molecule has 1 nitrogen and oxygen atoms in total. The highest BCUT2D eigenvalue weighted by Gasteiger charge is 2.13. The second kappa shape index (κ2) is 5.78. The fraction of sp³-hybridized carbons (Fsp3) is 0.273. The van der Waals surface area contributed by atoms with Gasteiger partial charge in [-0.15, -0.1) is 22.7 Å². The third kappa shape index (κ3) is 3.17. The van der Waals surface area contributed by atoms with Crippen molar-refractivity contribution in [1.82, 2.24) is 5.32 Å². The zero-order valence-electron chi connectivity index (χ0n) is 8.67. The molecular formula is C11H11Br2NS2. The maximum Gasteiger partial charge on any atom is 0.0461 e. The van der Waals surface area contributed by atoms with Crippen LogP contribution in [0, 0.1) is 0 Å². The molecule has 0 aliphatic carbocycles. The molecule has 16 heavy (non-hydrogen) atoms. The highest BCUT2D eigenvalue weighted by atomic mass is 79.9. The number of nitrogens with one attached hydrogen (secondary N) is 1.